The Hall–Kier alpha value is -0.710. The van der Waals surface area contributed by atoms with Gasteiger partial charge in [0, 0.05) is 13.1 Å². The minimum absolute atomic E-state index is 0.294. The molecule has 0 aliphatic carbocycles. The van der Waals surface area contributed by atoms with E-state index in [0.717, 1.165) is 19.3 Å². The molecule has 1 aromatic rings. The van der Waals surface area contributed by atoms with Gasteiger partial charge in [0.05, 0.1) is 0 Å². The van der Waals surface area contributed by atoms with Gasteiger partial charge in [0.2, 0.25) is 3.79 Å². The van der Waals surface area contributed by atoms with E-state index < -0.39 is 15.7 Å². The molecule has 0 bridgehead atoms. The second kappa shape index (κ2) is 7.24. The lowest BCUT2D eigenvalue weighted by atomic mass is 10.1. The van der Waals surface area contributed by atoms with E-state index in [1.165, 1.54) is 6.07 Å². The zero-order chi connectivity index (χ0) is 16.3. The molecule has 3 nitrogen and oxygen atoms in total. The van der Waals surface area contributed by atoms with Gasteiger partial charge in [-0.1, -0.05) is 46.9 Å². The van der Waals surface area contributed by atoms with Crippen molar-refractivity contribution in [3.8, 4) is 0 Å². The number of hydrogen-bond acceptors (Lipinski definition) is 1. The maximum absolute atomic E-state index is 13.8. The molecule has 122 valence electrons. The predicted octanol–water partition coefficient (Wildman–Crippen LogP) is 4.74. The first-order chi connectivity index (χ1) is 10.3. The lowest BCUT2D eigenvalue weighted by molar-refractivity contribution is 0.182. The average molecular weight is 368 g/mol. The molecule has 1 saturated heterocycles. The summed E-state index contributed by atoms with van der Waals surface area (Å²) in [5.74, 6) is -0.399. The summed E-state index contributed by atoms with van der Waals surface area (Å²) in [6.07, 6.45) is 3.04. The molecule has 2 amide bonds. The molecule has 0 radical (unpaired) electrons. The highest BCUT2D eigenvalue weighted by molar-refractivity contribution is 6.68. The summed E-state index contributed by atoms with van der Waals surface area (Å²) in [5, 5.41) is 2.71. The molecule has 0 saturated carbocycles. The quantitative estimate of drug-likeness (QED) is 0.752. The largest absolute Gasteiger partial charge is 0.327 e. The summed E-state index contributed by atoms with van der Waals surface area (Å²) in [6.45, 7) is 3.01. The van der Waals surface area contributed by atoms with Gasteiger partial charge in [0.25, 0.3) is 0 Å². The summed E-state index contributed by atoms with van der Waals surface area (Å²) in [6, 6.07) is 3.33. The number of amides is 2. The van der Waals surface area contributed by atoms with Crippen molar-refractivity contribution >= 4 is 40.8 Å². The number of aryl methyl sites for hydroxylation is 1. The van der Waals surface area contributed by atoms with Crippen LogP contribution in [0.1, 0.15) is 36.4 Å². The average Bonchev–Trinajstić information content (AvgIpc) is 2.47. The van der Waals surface area contributed by atoms with E-state index in [2.05, 4.69) is 5.32 Å². The molecule has 1 N–H and O–H groups in total. The van der Waals surface area contributed by atoms with Crippen molar-refractivity contribution in [3.63, 3.8) is 0 Å². The minimum atomic E-state index is -1.77. The first-order valence-corrected chi connectivity index (χ1v) is 8.30. The molecule has 1 heterocycles. The van der Waals surface area contributed by atoms with Crippen molar-refractivity contribution in [1.29, 1.82) is 0 Å². The number of carbonyl (C=O) groups is 1. The van der Waals surface area contributed by atoms with Crippen LogP contribution < -0.4 is 5.32 Å². The smallest absolute Gasteiger partial charge is 0.318 e. The summed E-state index contributed by atoms with van der Waals surface area (Å²) in [7, 11) is 0. The van der Waals surface area contributed by atoms with Crippen molar-refractivity contribution in [2.75, 3.05) is 13.1 Å². The van der Waals surface area contributed by atoms with Gasteiger partial charge in [-0.2, -0.15) is 0 Å². The van der Waals surface area contributed by atoms with E-state index in [4.69, 9.17) is 34.8 Å². The first-order valence-electron chi connectivity index (χ1n) is 7.17. The lowest BCUT2D eigenvalue weighted by Crippen LogP contribution is -2.46. The Balaban J connectivity index is 2.19. The number of halogens is 4. The fourth-order valence-corrected chi connectivity index (χ4v) is 3.00. The van der Waals surface area contributed by atoms with Crippen LogP contribution in [-0.4, -0.2) is 27.8 Å². The van der Waals surface area contributed by atoms with Crippen LogP contribution in [0.15, 0.2) is 18.2 Å². The number of alkyl halides is 3. The fraction of sp³-hybridized carbons (Fsp3) is 0.533. The number of nitrogens with one attached hydrogen (secondary N) is 1. The summed E-state index contributed by atoms with van der Waals surface area (Å²) < 4.78 is 12.0. The van der Waals surface area contributed by atoms with Crippen LogP contribution in [-0.2, 0) is 0 Å². The van der Waals surface area contributed by atoms with Gasteiger partial charge in [0.15, 0.2) is 0 Å². The molecule has 2 rings (SSSR count). The Labute approximate surface area is 144 Å². The Morgan fingerprint density at radius 1 is 1.27 bits per heavy atom. The second-order valence-electron chi connectivity index (χ2n) is 5.48. The van der Waals surface area contributed by atoms with E-state index in [1.807, 2.05) is 0 Å². The summed E-state index contributed by atoms with van der Waals surface area (Å²) in [4.78, 5) is 14.0. The lowest BCUT2D eigenvalue weighted by Gasteiger charge is -2.32. The van der Waals surface area contributed by atoms with Crippen molar-refractivity contribution in [2.24, 2.45) is 0 Å². The molecule has 1 fully saturated rings. The molecule has 1 aliphatic heterocycles. The number of nitrogens with zero attached hydrogens (tertiary/aromatic N) is 1. The highest BCUT2D eigenvalue weighted by atomic mass is 35.6. The number of carbonyl (C=O) groups excluding carboxylic acids is 1. The number of urea groups is 1. The highest BCUT2D eigenvalue weighted by Gasteiger charge is 2.36. The van der Waals surface area contributed by atoms with Crippen LogP contribution in [0.25, 0.3) is 0 Å². The van der Waals surface area contributed by atoms with Crippen molar-refractivity contribution in [1.82, 2.24) is 10.2 Å². The van der Waals surface area contributed by atoms with E-state index in [0.29, 0.717) is 24.2 Å². The molecular formula is C15H18Cl3FN2O. The van der Waals surface area contributed by atoms with E-state index in [-0.39, 0.29) is 6.03 Å². The number of piperidine rings is 1. The molecule has 22 heavy (non-hydrogen) atoms. The standard InChI is InChI=1S/C15H18Cl3FN2O/c1-10-5-6-11(9-12(10)19)13(15(16,17)18)20-14(22)21-7-3-2-4-8-21/h5-6,9,13H,2-4,7-8H2,1H3,(H,20,22)/t13-/m0/s1. The van der Waals surface area contributed by atoms with Gasteiger partial charge in [0.1, 0.15) is 11.9 Å². The molecular weight excluding hydrogens is 350 g/mol. The maximum atomic E-state index is 13.8. The van der Waals surface area contributed by atoms with Crippen LogP contribution in [0.5, 0.6) is 0 Å². The maximum Gasteiger partial charge on any atom is 0.318 e. The number of rotatable bonds is 2. The first kappa shape index (κ1) is 17.6. The zero-order valence-electron chi connectivity index (χ0n) is 12.2. The number of benzene rings is 1. The predicted molar refractivity (Wildman–Crippen MR) is 88.1 cm³/mol. The van der Waals surface area contributed by atoms with Crippen molar-refractivity contribution < 1.29 is 9.18 Å². The van der Waals surface area contributed by atoms with Crippen LogP contribution in [0.2, 0.25) is 0 Å². The van der Waals surface area contributed by atoms with Crippen LogP contribution in [0.4, 0.5) is 9.18 Å². The Kier molecular flexibility index (Phi) is 5.81. The molecule has 0 aromatic heterocycles. The molecule has 0 spiro atoms. The van der Waals surface area contributed by atoms with Gasteiger partial charge >= 0.3 is 6.03 Å². The Morgan fingerprint density at radius 2 is 1.91 bits per heavy atom. The monoisotopic (exact) mass is 366 g/mol. The summed E-state index contributed by atoms with van der Waals surface area (Å²) >= 11 is 18.0. The minimum Gasteiger partial charge on any atom is -0.327 e. The molecule has 7 heteroatoms. The topological polar surface area (TPSA) is 32.3 Å². The molecule has 1 aromatic carbocycles. The fourth-order valence-electron chi connectivity index (χ4n) is 2.45. The second-order valence-corrected chi connectivity index (χ2v) is 7.85. The summed E-state index contributed by atoms with van der Waals surface area (Å²) in [5.41, 5.74) is 0.919. The molecule has 1 aliphatic rings. The van der Waals surface area contributed by atoms with Gasteiger partial charge in [-0.15, -0.1) is 0 Å². The van der Waals surface area contributed by atoms with E-state index in [1.54, 1.807) is 24.0 Å². The third kappa shape index (κ3) is 4.40. The van der Waals surface area contributed by atoms with Gasteiger partial charge in [-0.25, -0.2) is 9.18 Å². The number of hydrogen-bond donors (Lipinski definition) is 1. The van der Waals surface area contributed by atoms with Crippen LogP contribution in [0.3, 0.4) is 0 Å². The van der Waals surface area contributed by atoms with E-state index in [9.17, 15) is 9.18 Å². The van der Waals surface area contributed by atoms with Crippen molar-refractivity contribution in [3.05, 3.63) is 35.1 Å². The normalized spacial score (nSPS) is 17.2. The van der Waals surface area contributed by atoms with E-state index >= 15 is 0 Å². The Bertz CT molecular complexity index is 542. The van der Waals surface area contributed by atoms with Crippen LogP contribution >= 0.6 is 34.8 Å². The van der Waals surface area contributed by atoms with Gasteiger partial charge in [-0.05, 0) is 43.4 Å². The van der Waals surface area contributed by atoms with Crippen molar-refractivity contribution in [2.45, 2.75) is 36.0 Å². The van der Waals surface area contributed by atoms with Gasteiger partial charge < -0.3 is 10.2 Å². The highest BCUT2D eigenvalue weighted by Crippen LogP contribution is 2.40. The number of likely N-dealkylation sites (tertiary alicyclic amines) is 1. The molecule has 0 unspecified atom stereocenters. The molecule has 1 atom stereocenters. The van der Waals surface area contributed by atoms with Gasteiger partial charge in [-0.3, -0.25) is 0 Å². The zero-order valence-corrected chi connectivity index (χ0v) is 14.5. The third-order valence-corrected chi connectivity index (χ3v) is 4.42. The van der Waals surface area contributed by atoms with Crippen LogP contribution in [0, 0.1) is 12.7 Å². The Morgan fingerprint density at radius 3 is 2.45 bits per heavy atom. The third-order valence-electron chi connectivity index (χ3n) is 3.77. The SMILES string of the molecule is Cc1ccc([C@H](NC(=O)N2CCCCC2)C(Cl)(Cl)Cl)cc1F.